The third-order valence-corrected chi connectivity index (χ3v) is 2.50. The molecule has 3 nitrogen and oxygen atoms in total. The minimum Gasteiger partial charge on any atom is -0.427 e. The maximum atomic E-state index is 10.8. The van der Waals surface area contributed by atoms with E-state index in [0.29, 0.717) is 11.3 Å². The lowest BCUT2D eigenvalue weighted by atomic mass is 10.0. The summed E-state index contributed by atoms with van der Waals surface area (Å²) in [5, 5.41) is 0. The summed E-state index contributed by atoms with van der Waals surface area (Å²) in [4.78, 5) is 21.3. The maximum absolute atomic E-state index is 10.8. The number of rotatable bonds is 3. The fraction of sp³-hybridized carbons (Fsp3) is 0.0667. The van der Waals surface area contributed by atoms with Crippen molar-refractivity contribution in [3.05, 3.63) is 54.1 Å². The molecule has 90 valence electrons. The Bertz CT molecular complexity index is 553. The molecule has 0 N–H and O–H groups in total. The van der Waals surface area contributed by atoms with Gasteiger partial charge < -0.3 is 4.74 Å². The smallest absolute Gasteiger partial charge is 0.308 e. The second kappa shape index (κ2) is 5.27. The van der Waals surface area contributed by atoms with Gasteiger partial charge in [0, 0.05) is 12.5 Å². The number of ether oxygens (including phenoxy) is 1. The molecule has 2 rings (SSSR count). The molecule has 0 unspecified atom stereocenters. The number of benzene rings is 2. The van der Waals surface area contributed by atoms with Crippen molar-refractivity contribution in [2.75, 3.05) is 0 Å². The highest BCUT2D eigenvalue weighted by atomic mass is 16.5. The van der Waals surface area contributed by atoms with Gasteiger partial charge in [0.2, 0.25) is 0 Å². The normalized spacial score (nSPS) is 9.83. The summed E-state index contributed by atoms with van der Waals surface area (Å²) < 4.78 is 4.96. The predicted octanol–water partition coefficient (Wildman–Crippen LogP) is 3.09. The highest BCUT2D eigenvalue weighted by Crippen LogP contribution is 2.22. The van der Waals surface area contributed by atoms with E-state index in [4.69, 9.17) is 4.74 Å². The number of carbonyl (C=O) groups excluding carboxylic acids is 2. The van der Waals surface area contributed by atoms with Gasteiger partial charge in [-0.15, -0.1) is 0 Å². The number of carbonyl (C=O) groups is 2. The third kappa shape index (κ3) is 2.83. The van der Waals surface area contributed by atoms with Gasteiger partial charge in [0.15, 0.2) is 0 Å². The minimum atomic E-state index is -0.335. The zero-order chi connectivity index (χ0) is 13.0. The Morgan fingerprint density at radius 1 is 0.944 bits per heavy atom. The largest absolute Gasteiger partial charge is 0.427 e. The summed E-state index contributed by atoms with van der Waals surface area (Å²) in [5.74, 6) is 0.189. The predicted molar refractivity (Wildman–Crippen MR) is 68.6 cm³/mol. The van der Waals surface area contributed by atoms with E-state index in [1.165, 1.54) is 6.92 Å². The van der Waals surface area contributed by atoms with Crippen LogP contribution in [0, 0.1) is 0 Å². The van der Waals surface area contributed by atoms with Crippen LogP contribution in [0.5, 0.6) is 5.75 Å². The Morgan fingerprint density at radius 2 is 1.44 bits per heavy atom. The first-order valence-electron chi connectivity index (χ1n) is 5.53. The molecule has 0 aliphatic rings. The number of aldehydes is 1. The molecule has 0 heterocycles. The quantitative estimate of drug-likeness (QED) is 0.470. The lowest BCUT2D eigenvalue weighted by Gasteiger charge is -2.04. The highest BCUT2D eigenvalue weighted by molar-refractivity contribution is 5.77. The van der Waals surface area contributed by atoms with Crippen molar-refractivity contribution < 1.29 is 14.3 Å². The summed E-state index contributed by atoms with van der Waals surface area (Å²) in [5.41, 5.74) is 2.66. The van der Waals surface area contributed by atoms with Crippen LogP contribution in [0.2, 0.25) is 0 Å². The Hall–Kier alpha value is -2.42. The summed E-state index contributed by atoms with van der Waals surface area (Å²) >= 11 is 0. The zero-order valence-electron chi connectivity index (χ0n) is 9.92. The average molecular weight is 240 g/mol. The molecule has 0 radical (unpaired) electrons. The Labute approximate surface area is 105 Å². The van der Waals surface area contributed by atoms with Crippen molar-refractivity contribution in [2.45, 2.75) is 6.92 Å². The number of hydrogen-bond acceptors (Lipinski definition) is 3. The van der Waals surface area contributed by atoms with Gasteiger partial charge in [0.1, 0.15) is 12.0 Å². The molecule has 0 aliphatic carbocycles. The molecule has 2 aromatic carbocycles. The van der Waals surface area contributed by atoms with Crippen LogP contribution in [-0.2, 0) is 4.79 Å². The summed E-state index contributed by atoms with van der Waals surface area (Å²) in [6.07, 6.45) is 0.813. The van der Waals surface area contributed by atoms with E-state index in [9.17, 15) is 9.59 Å². The molecule has 0 spiro atoms. The third-order valence-electron chi connectivity index (χ3n) is 2.50. The molecule has 3 heteroatoms. The van der Waals surface area contributed by atoms with E-state index in [-0.39, 0.29) is 5.97 Å². The van der Waals surface area contributed by atoms with Crippen LogP contribution in [0.25, 0.3) is 11.1 Å². The molecular weight excluding hydrogens is 228 g/mol. The van der Waals surface area contributed by atoms with Crippen molar-refractivity contribution in [3.63, 3.8) is 0 Å². The van der Waals surface area contributed by atoms with E-state index in [1.807, 2.05) is 24.3 Å². The van der Waals surface area contributed by atoms with E-state index in [1.54, 1.807) is 24.3 Å². The van der Waals surface area contributed by atoms with Crippen molar-refractivity contribution in [2.24, 2.45) is 0 Å². The van der Waals surface area contributed by atoms with Crippen molar-refractivity contribution in [1.29, 1.82) is 0 Å². The Kier molecular flexibility index (Phi) is 3.53. The lowest BCUT2D eigenvalue weighted by Crippen LogP contribution is -2.00. The molecule has 2 aromatic rings. The Balaban J connectivity index is 2.22. The second-order valence-corrected chi connectivity index (χ2v) is 3.86. The standard InChI is InChI=1S/C15H12O3/c1-11(17)18-15-8-6-14(7-9-15)13-4-2-12(10-16)3-5-13/h2-10H,1H3. The van der Waals surface area contributed by atoms with E-state index >= 15 is 0 Å². The fourth-order valence-corrected chi connectivity index (χ4v) is 1.64. The van der Waals surface area contributed by atoms with E-state index < -0.39 is 0 Å². The lowest BCUT2D eigenvalue weighted by molar-refractivity contribution is -0.131. The minimum absolute atomic E-state index is 0.335. The molecule has 0 saturated carbocycles. The average Bonchev–Trinajstić information content (AvgIpc) is 2.39. The van der Waals surface area contributed by atoms with Gasteiger partial charge in [-0.25, -0.2) is 0 Å². The molecule has 18 heavy (non-hydrogen) atoms. The second-order valence-electron chi connectivity index (χ2n) is 3.86. The molecular formula is C15H12O3. The Morgan fingerprint density at radius 3 is 1.89 bits per heavy atom. The van der Waals surface area contributed by atoms with Crippen LogP contribution >= 0.6 is 0 Å². The van der Waals surface area contributed by atoms with Crippen molar-refractivity contribution >= 4 is 12.3 Å². The summed E-state index contributed by atoms with van der Waals surface area (Å²) in [7, 11) is 0. The maximum Gasteiger partial charge on any atom is 0.308 e. The molecule has 0 bridgehead atoms. The van der Waals surface area contributed by atoms with Crippen molar-refractivity contribution in [1.82, 2.24) is 0 Å². The van der Waals surface area contributed by atoms with Crippen LogP contribution < -0.4 is 4.74 Å². The zero-order valence-corrected chi connectivity index (χ0v) is 9.92. The van der Waals surface area contributed by atoms with Crippen LogP contribution in [0.3, 0.4) is 0 Å². The molecule has 0 aliphatic heterocycles. The molecule has 0 aromatic heterocycles. The van der Waals surface area contributed by atoms with Gasteiger partial charge in [0.25, 0.3) is 0 Å². The fourth-order valence-electron chi connectivity index (χ4n) is 1.64. The first-order chi connectivity index (χ1) is 8.69. The van der Waals surface area contributed by atoms with Crippen molar-refractivity contribution in [3.8, 4) is 16.9 Å². The molecule has 0 fully saturated rings. The van der Waals surface area contributed by atoms with E-state index in [0.717, 1.165) is 17.4 Å². The van der Waals surface area contributed by atoms with E-state index in [2.05, 4.69) is 0 Å². The van der Waals surface area contributed by atoms with Gasteiger partial charge in [0.05, 0.1) is 0 Å². The molecule has 0 saturated heterocycles. The van der Waals surface area contributed by atoms with Crippen LogP contribution in [0.1, 0.15) is 17.3 Å². The number of hydrogen-bond donors (Lipinski definition) is 0. The first kappa shape index (κ1) is 12.0. The topological polar surface area (TPSA) is 43.4 Å². The monoisotopic (exact) mass is 240 g/mol. The van der Waals surface area contributed by atoms with Gasteiger partial charge in [-0.3, -0.25) is 9.59 Å². The molecule has 0 atom stereocenters. The van der Waals surface area contributed by atoms with Crippen LogP contribution in [0.15, 0.2) is 48.5 Å². The molecule has 0 amide bonds. The van der Waals surface area contributed by atoms with Crippen LogP contribution in [0.4, 0.5) is 0 Å². The van der Waals surface area contributed by atoms with Gasteiger partial charge in [-0.05, 0) is 23.3 Å². The van der Waals surface area contributed by atoms with Crippen LogP contribution in [-0.4, -0.2) is 12.3 Å². The SMILES string of the molecule is CC(=O)Oc1ccc(-c2ccc(C=O)cc2)cc1. The van der Waals surface area contributed by atoms with Gasteiger partial charge >= 0.3 is 5.97 Å². The summed E-state index contributed by atoms with van der Waals surface area (Å²) in [6, 6.07) is 14.5. The summed E-state index contributed by atoms with van der Waals surface area (Å²) in [6.45, 7) is 1.37. The highest BCUT2D eigenvalue weighted by Gasteiger charge is 2.00. The van der Waals surface area contributed by atoms with Gasteiger partial charge in [-0.1, -0.05) is 36.4 Å². The number of esters is 1. The van der Waals surface area contributed by atoms with Gasteiger partial charge in [-0.2, -0.15) is 0 Å². The first-order valence-corrected chi connectivity index (χ1v) is 5.53.